The third-order valence-corrected chi connectivity index (χ3v) is 7.29. The van der Waals surface area contributed by atoms with Crippen LogP contribution in [0, 0.1) is 11.8 Å². The van der Waals surface area contributed by atoms with E-state index in [1.54, 1.807) is 0 Å². The van der Waals surface area contributed by atoms with E-state index in [-0.39, 0.29) is 11.9 Å². The van der Waals surface area contributed by atoms with Gasteiger partial charge in [-0.2, -0.15) is 0 Å². The van der Waals surface area contributed by atoms with Crippen LogP contribution in [0.15, 0.2) is 0 Å². The molecule has 1 N–H and O–H groups in total. The Morgan fingerprint density at radius 2 is 1.46 bits per heavy atom. The molecule has 3 atom stereocenters. The monoisotopic (exact) mass is 361 g/mol. The Morgan fingerprint density at radius 1 is 0.808 bits per heavy atom. The van der Waals surface area contributed by atoms with Crippen LogP contribution in [0.25, 0.3) is 0 Å². The van der Waals surface area contributed by atoms with Gasteiger partial charge in [-0.15, -0.1) is 0 Å². The highest BCUT2D eigenvalue weighted by Gasteiger charge is 2.40. The molecule has 2 aliphatic heterocycles. The molecule has 4 rings (SSSR count). The number of hydrogen-bond acceptors (Lipinski definition) is 3. The second-order valence-corrected chi connectivity index (χ2v) is 9.02. The lowest BCUT2D eigenvalue weighted by Gasteiger charge is -2.37. The summed E-state index contributed by atoms with van der Waals surface area (Å²) < 4.78 is 0. The summed E-state index contributed by atoms with van der Waals surface area (Å²) in [7, 11) is 0. The van der Waals surface area contributed by atoms with Crippen molar-refractivity contribution in [3.05, 3.63) is 0 Å². The topological polar surface area (TPSA) is 52.7 Å². The predicted octanol–water partition coefficient (Wildman–Crippen LogP) is 2.55. The van der Waals surface area contributed by atoms with Gasteiger partial charge >= 0.3 is 0 Å². The van der Waals surface area contributed by atoms with Crippen molar-refractivity contribution in [2.45, 2.75) is 82.7 Å². The van der Waals surface area contributed by atoms with Crippen LogP contribution >= 0.6 is 0 Å². The molecule has 0 aromatic rings. The Labute approximate surface area is 157 Å². The molecule has 2 saturated heterocycles. The maximum absolute atomic E-state index is 12.9. The van der Waals surface area contributed by atoms with Crippen molar-refractivity contribution in [1.82, 2.24) is 15.1 Å². The largest absolute Gasteiger partial charge is 0.339 e. The predicted molar refractivity (Wildman–Crippen MR) is 102 cm³/mol. The lowest BCUT2D eigenvalue weighted by atomic mass is 9.85. The minimum Gasteiger partial charge on any atom is -0.339 e. The van der Waals surface area contributed by atoms with Gasteiger partial charge in [0.05, 0.1) is 6.04 Å². The van der Waals surface area contributed by atoms with Crippen LogP contribution in [-0.4, -0.2) is 59.9 Å². The van der Waals surface area contributed by atoms with Gasteiger partial charge in [0.1, 0.15) is 0 Å². The van der Waals surface area contributed by atoms with E-state index in [9.17, 15) is 9.59 Å². The fraction of sp³-hybridized carbons (Fsp3) is 0.905. The van der Waals surface area contributed by atoms with E-state index in [4.69, 9.17) is 0 Å². The number of nitrogens with one attached hydrogen (secondary N) is 1. The molecule has 146 valence electrons. The van der Waals surface area contributed by atoms with E-state index in [2.05, 4.69) is 5.32 Å². The number of piperazine rings is 1. The Hall–Kier alpha value is -1.10. The van der Waals surface area contributed by atoms with Gasteiger partial charge in [0.15, 0.2) is 0 Å². The molecule has 26 heavy (non-hydrogen) atoms. The van der Waals surface area contributed by atoms with Crippen LogP contribution in [0.5, 0.6) is 0 Å². The maximum atomic E-state index is 12.9. The van der Waals surface area contributed by atoms with Crippen LogP contribution < -0.4 is 5.32 Å². The summed E-state index contributed by atoms with van der Waals surface area (Å²) in [6.45, 7) is 2.86. The summed E-state index contributed by atoms with van der Waals surface area (Å²) in [6, 6.07) is 0.587. The first-order chi connectivity index (χ1) is 12.7. The van der Waals surface area contributed by atoms with E-state index in [0.717, 1.165) is 25.9 Å². The molecule has 3 unspecified atom stereocenters. The van der Waals surface area contributed by atoms with Crippen molar-refractivity contribution in [3.63, 3.8) is 0 Å². The average Bonchev–Trinajstić information content (AvgIpc) is 3.12. The lowest BCUT2D eigenvalue weighted by molar-refractivity contribution is -0.141. The number of fused-ring (bicyclic) bond motifs is 1. The third-order valence-electron chi connectivity index (χ3n) is 7.29. The van der Waals surface area contributed by atoms with Crippen LogP contribution in [0.4, 0.5) is 0 Å². The summed E-state index contributed by atoms with van der Waals surface area (Å²) in [5.74, 6) is 1.89. The molecule has 2 aliphatic carbocycles. The van der Waals surface area contributed by atoms with E-state index in [1.807, 2.05) is 9.80 Å². The fourth-order valence-corrected chi connectivity index (χ4v) is 5.67. The molecule has 5 nitrogen and oxygen atoms in total. The maximum Gasteiger partial charge on any atom is 0.239 e. The lowest BCUT2D eigenvalue weighted by Crippen LogP contribution is -2.54. The summed E-state index contributed by atoms with van der Waals surface area (Å²) in [5, 5.41) is 3.61. The van der Waals surface area contributed by atoms with Crippen molar-refractivity contribution < 1.29 is 9.59 Å². The second-order valence-electron chi connectivity index (χ2n) is 9.02. The highest BCUT2D eigenvalue weighted by Crippen LogP contribution is 2.34. The third kappa shape index (κ3) is 4.08. The Bertz CT molecular complexity index is 495. The first kappa shape index (κ1) is 18.3. The highest BCUT2D eigenvalue weighted by molar-refractivity contribution is 5.83. The minimum atomic E-state index is 0.0209. The van der Waals surface area contributed by atoms with Crippen molar-refractivity contribution in [1.29, 1.82) is 0 Å². The normalized spacial score (nSPS) is 33.2. The van der Waals surface area contributed by atoms with Gasteiger partial charge in [0.25, 0.3) is 0 Å². The summed E-state index contributed by atoms with van der Waals surface area (Å²) in [6.07, 6.45) is 13.2. The number of amides is 2. The van der Waals surface area contributed by atoms with Gasteiger partial charge < -0.3 is 15.1 Å². The fourth-order valence-electron chi connectivity index (χ4n) is 5.67. The zero-order valence-electron chi connectivity index (χ0n) is 16.1. The molecular weight excluding hydrogens is 326 g/mol. The summed E-state index contributed by atoms with van der Waals surface area (Å²) >= 11 is 0. The van der Waals surface area contributed by atoms with Crippen LogP contribution in [0.1, 0.15) is 70.6 Å². The molecule has 5 heteroatoms. The van der Waals surface area contributed by atoms with Gasteiger partial charge in [-0.1, -0.05) is 32.1 Å². The Balaban J connectivity index is 1.23. The molecule has 2 heterocycles. The molecule has 0 aromatic carbocycles. The zero-order chi connectivity index (χ0) is 17.9. The Kier molecular flexibility index (Phi) is 5.82. The van der Waals surface area contributed by atoms with Crippen molar-refractivity contribution in [2.24, 2.45) is 11.8 Å². The number of rotatable bonds is 3. The van der Waals surface area contributed by atoms with Crippen LogP contribution in [0.3, 0.4) is 0 Å². The SMILES string of the molecule is O=C(CC1CCCCC1)N1CCN(C(=O)C2CC3CCCCC3N2)CC1. The van der Waals surface area contributed by atoms with Gasteiger partial charge in [-0.05, 0) is 43.9 Å². The van der Waals surface area contributed by atoms with Crippen molar-refractivity contribution in [3.8, 4) is 0 Å². The van der Waals surface area contributed by atoms with Crippen LogP contribution in [0.2, 0.25) is 0 Å². The standard InChI is InChI=1S/C21H35N3O2/c25-20(14-16-6-2-1-3-7-16)23-10-12-24(13-11-23)21(26)19-15-17-8-4-5-9-18(17)22-19/h16-19,22H,1-15H2. The van der Waals surface area contributed by atoms with E-state index in [0.29, 0.717) is 36.9 Å². The number of nitrogens with zero attached hydrogens (tertiary/aromatic N) is 2. The molecule has 4 aliphatic rings. The quantitative estimate of drug-likeness (QED) is 0.840. The number of carbonyl (C=O) groups is 2. The van der Waals surface area contributed by atoms with Gasteiger partial charge in [-0.25, -0.2) is 0 Å². The molecule has 0 bridgehead atoms. The first-order valence-corrected chi connectivity index (χ1v) is 11.0. The smallest absolute Gasteiger partial charge is 0.239 e. The molecule has 4 fully saturated rings. The molecule has 2 amide bonds. The van der Waals surface area contributed by atoms with Crippen molar-refractivity contribution in [2.75, 3.05) is 26.2 Å². The highest BCUT2D eigenvalue weighted by atomic mass is 16.2. The van der Waals surface area contributed by atoms with E-state index in [1.165, 1.54) is 57.8 Å². The van der Waals surface area contributed by atoms with E-state index < -0.39 is 0 Å². The molecule has 0 spiro atoms. The van der Waals surface area contributed by atoms with Crippen molar-refractivity contribution >= 4 is 11.8 Å². The molecule has 0 radical (unpaired) electrons. The molecular formula is C21H35N3O2. The number of hydrogen-bond donors (Lipinski definition) is 1. The molecule has 0 aromatic heterocycles. The Morgan fingerprint density at radius 3 is 2.19 bits per heavy atom. The second kappa shape index (κ2) is 8.28. The van der Waals surface area contributed by atoms with Gasteiger partial charge in [0.2, 0.25) is 11.8 Å². The molecule has 2 saturated carbocycles. The van der Waals surface area contributed by atoms with E-state index >= 15 is 0 Å². The van der Waals surface area contributed by atoms with Crippen LogP contribution in [-0.2, 0) is 9.59 Å². The average molecular weight is 362 g/mol. The number of carbonyl (C=O) groups excluding carboxylic acids is 2. The first-order valence-electron chi connectivity index (χ1n) is 11.0. The minimum absolute atomic E-state index is 0.0209. The summed E-state index contributed by atoms with van der Waals surface area (Å²) in [5.41, 5.74) is 0. The van der Waals surface area contributed by atoms with Gasteiger partial charge in [0, 0.05) is 38.6 Å². The zero-order valence-corrected chi connectivity index (χ0v) is 16.1. The summed E-state index contributed by atoms with van der Waals surface area (Å²) in [4.78, 5) is 29.5. The van der Waals surface area contributed by atoms with Gasteiger partial charge in [-0.3, -0.25) is 9.59 Å².